The zero-order valence-corrected chi connectivity index (χ0v) is 32.1. The number of carbonyl (C=O) groups excluding carboxylic acids is 1. The molecule has 0 bridgehead atoms. The third-order valence-electron chi connectivity index (χ3n) is 10.0. The topological polar surface area (TPSA) is 69.6 Å². The van der Waals surface area contributed by atoms with E-state index < -0.39 is 12.1 Å². The first-order valence-electron chi connectivity index (χ1n) is 21.4. The fourth-order valence-electron chi connectivity index (χ4n) is 6.71. The summed E-state index contributed by atoms with van der Waals surface area (Å²) < 4.78 is 0. The normalized spacial score (nSPS) is 13.0. The van der Waals surface area contributed by atoms with E-state index in [4.69, 9.17) is 0 Å². The SMILES string of the molecule is CCCCCCCCCCCCCCCC/C=C/C(O)C(CO)NC(=O)CCCCCCCCCCCCCCCCCCCCC. The van der Waals surface area contributed by atoms with Crippen LogP contribution >= 0.6 is 0 Å². The van der Waals surface area contributed by atoms with Gasteiger partial charge < -0.3 is 15.5 Å². The van der Waals surface area contributed by atoms with E-state index in [1.807, 2.05) is 6.08 Å². The number of carbonyl (C=O) groups is 1. The van der Waals surface area contributed by atoms with Crippen molar-refractivity contribution in [3.63, 3.8) is 0 Å². The maximum Gasteiger partial charge on any atom is 0.220 e. The number of aliphatic hydroxyl groups is 2. The van der Waals surface area contributed by atoms with Gasteiger partial charge >= 0.3 is 0 Å². The van der Waals surface area contributed by atoms with Crippen molar-refractivity contribution >= 4 is 5.91 Å². The molecule has 0 spiro atoms. The molecule has 0 radical (unpaired) electrons. The number of hydrogen-bond donors (Lipinski definition) is 3. The Bertz CT molecular complexity index is 637. The number of unbranched alkanes of at least 4 members (excludes halogenated alkanes) is 32. The Balaban J connectivity index is 3.53. The Morgan fingerprint density at radius 1 is 0.489 bits per heavy atom. The van der Waals surface area contributed by atoms with Crippen molar-refractivity contribution in [1.82, 2.24) is 5.32 Å². The molecule has 0 fully saturated rings. The van der Waals surface area contributed by atoms with E-state index in [0.717, 1.165) is 25.7 Å². The Kier molecular flexibility index (Phi) is 38.8. The van der Waals surface area contributed by atoms with E-state index in [9.17, 15) is 15.0 Å². The van der Waals surface area contributed by atoms with Crippen LogP contribution in [0.3, 0.4) is 0 Å². The van der Waals surface area contributed by atoms with Crippen molar-refractivity contribution in [2.75, 3.05) is 6.61 Å². The summed E-state index contributed by atoms with van der Waals surface area (Å²) in [5.41, 5.74) is 0. The summed E-state index contributed by atoms with van der Waals surface area (Å²) in [5, 5.41) is 23.0. The molecule has 2 unspecified atom stereocenters. The van der Waals surface area contributed by atoms with Crippen molar-refractivity contribution in [3.05, 3.63) is 12.2 Å². The Morgan fingerprint density at radius 3 is 1.11 bits per heavy atom. The monoisotopic (exact) mass is 664 g/mol. The molecule has 3 N–H and O–H groups in total. The van der Waals surface area contributed by atoms with Crippen LogP contribution in [-0.2, 0) is 4.79 Å². The molecule has 0 aromatic carbocycles. The largest absolute Gasteiger partial charge is 0.394 e. The van der Waals surface area contributed by atoms with E-state index >= 15 is 0 Å². The first-order valence-corrected chi connectivity index (χ1v) is 21.4. The van der Waals surface area contributed by atoms with Gasteiger partial charge in [0.15, 0.2) is 0 Å². The van der Waals surface area contributed by atoms with Gasteiger partial charge in [-0.05, 0) is 19.3 Å². The molecular formula is C43H85NO3. The minimum Gasteiger partial charge on any atom is -0.394 e. The quantitative estimate of drug-likeness (QED) is 0.0453. The van der Waals surface area contributed by atoms with E-state index in [-0.39, 0.29) is 12.5 Å². The molecule has 0 aromatic rings. The summed E-state index contributed by atoms with van der Waals surface area (Å²) in [6, 6.07) is -0.615. The average molecular weight is 664 g/mol. The molecule has 0 saturated heterocycles. The number of hydrogen-bond acceptors (Lipinski definition) is 3. The van der Waals surface area contributed by atoms with Crippen molar-refractivity contribution < 1.29 is 15.0 Å². The van der Waals surface area contributed by atoms with Crippen LogP contribution in [0.25, 0.3) is 0 Å². The molecule has 0 aliphatic rings. The Labute approximate surface area is 295 Å². The van der Waals surface area contributed by atoms with Crippen LogP contribution in [0.2, 0.25) is 0 Å². The number of aliphatic hydroxyl groups excluding tert-OH is 2. The molecule has 0 rings (SSSR count). The Hall–Kier alpha value is -0.870. The third-order valence-corrected chi connectivity index (χ3v) is 10.0. The van der Waals surface area contributed by atoms with E-state index in [1.165, 1.54) is 193 Å². The molecule has 1 amide bonds. The van der Waals surface area contributed by atoms with Crippen molar-refractivity contribution in [2.24, 2.45) is 0 Å². The lowest BCUT2D eigenvalue weighted by Crippen LogP contribution is -2.45. The van der Waals surface area contributed by atoms with Crippen LogP contribution in [-0.4, -0.2) is 34.9 Å². The molecule has 280 valence electrons. The molecule has 0 saturated carbocycles. The van der Waals surface area contributed by atoms with Crippen LogP contribution in [0.1, 0.15) is 239 Å². The number of nitrogens with one attached hydrogen (secondary N) is 1. The van der Waals surface area contributed by atoms with Gasteiger partial charge in [-0.1, -0.05) is 225 Å². The maximum atomic E-state index is 12.4. The molecule has 0 aromatic heterocycles. The highest BCUT2D eigenvalue weighted by Crippen LogP contribution is 2.16. The molecular weight excluding hydrogens is 578 g/mol. The zero-order chi connectivity index (χ0) is 34.3. The maximum absolute atomic E-state index is 12.4. The molecule has 4 nitrogen and oxygen atoms in total. The molecule has 0 aliphatic heterocycles. The standard InChI is InChI=1S/C43H85NO3/c1-3-5-7-9-11-13-15-17-19-21-22-23-25-27-29-31-33-35-37-39-43(47)44-41(40-45)42(46)38-36-34-32-30-28-26-24-20-18-16-14-12-10-8-6-4-2/h36,38,41-42,45-46H,3-35,37,39-40H2,1-2H3,(H,44,47)/b38-36+. The van der Waals surface area contributed by atoms with Gasteiger partial charge in [-0.25, -0.2) is 0 Å². The van der Waals surface area contributed by atoms with Gasteiger partial charge in [-0.2, -0.15) is 0 Å². The molecule has 4 heteroatoms. The summed E-state index contributed by atoms with van der Waals surface area (Å²) in [6.45, 7) is 4.33. The van der Waals surface area contributed by atoms with E-state index in [0.29, 0.717) is 6.42 Å². The van der Waals surface area contributed by atoms with Gasteiger partial charge in [-0.15, -0.1) is 0 Å². The predicted molar refractivity (Wildman–Crippen MR) is 207 cm³/mol. The second kappa shape index (κ2) is 39.6. The average Bonchev–Trinajstić information content (AvgIpc) is 3.07. The predicted octanol–water partition coefficient (Wildman–Crippen LogP) is 13.1. The van der Waals surface area contributed by atoms with Gasteiger partial charge in [0.25, 0.3) is 0 Å². The zero-order valence-electron chi connectivity index (χ0n) is 32.1. The summed E-state index contributed by atoms with van der Waals surface area (Å²) in [7, 11) is 0. The molecule has 0 aliphatic carbocycles. The second-order valence-corrected chi connectivity index (χ2v) is 14.8. The Morgan fingerprint density at radius 2 is 0.787 bits per heavy atom. The fraction of sp³-hybridized carbons (Fsp3) is 0.930. The van der Waals surface area contributed by atoms with Gasteiger partial charge in [-0.3, -0.25) is 4.79 Å². The van der Waals surface area contributed by atoms with Crippen LogP contribution < -0.4 is 5.32 Å². The molecule has 2 atom stereocenters. The second-order valence-electron chi connectivity index (χ2n) is 14.8. The van der Waals surface area contributed by atoms with Gasteiger partial charge in [0, 0.05) is 6.42 Å². The highest BCUT2D eigenvalue weighted by atomic mass is 16.3. The summed E-state index contributed by atoms with van der Waals surface area (Å²) in [4.78, 5) is 12.4. The summed E-state index contributed by atoms with van der Waals surface area (Å²) in [5.74, 6) is -0.0598. The smallest absolute Gasteiger partial charge is 0.220 e. The first-order chi connectivity index (χ1) is 23.2. The van der Waals surface area contributed by atoms with Crippen LogP contribution in [0, 0.1) is 0 Å². The fourth-order valence-corrected chi connectivity index (χ4v) is 6.71. The number of allylic oxidation sites excluding steroid dienone is 1. The van der Waals surface area contributed by atoms with Crippen LogP contribution in [0.15, 0.2) is 12.2 Å². The van der Waals surface area contributed by atoms with Gasteiger partial charge in [0.2, 0.25) is 5.91 Å². The summed E-state index contributed by atoms with van der Waals surface area (Å²) in [6.07, 6.45) is 48.8. The first kappa shape index (κ1) is 46.1. The molecule has 47 heavy (non-hydrogen) atoms. The van der Waals surface area contributed by atoms with Gasteiger partial charge in [0.1, 0.15) is 0 Å². The van der Waals surface area contributed by atoms with Crippen molar-refractivity contribution in [3.8, 4) is 0 Å². The minimum atomic E-state index is -0.833. The lowest BCUT2D eigenvalue weighted by Gasteiger charge is -2.20. The van der Waals surface area contributed by atoms with Crippen LogP contribution in [0.5, 0.6) is 0 Å². The highest BCUT2D eigenvalue weighted by Gasteiger charge is 2.17. The van der Waals surface area contributed by atoms with E-state index in [2.05, 4.69) is 19.2 Å². The van der Waals surface area contributed by atoms with Crippen molar-refractivity contribution in [2.45, 2.75) is 251 Å². The van der Waals surface area contributed by atoms with E-state index in [1.54, 1.807) is 6.08 Å². The lowest BCUT2D eigenvalue weighted by atomic mass is 10.0. The summed E-state index contributed by atoms with van der Waals surface area (Å²) >= 11 is 0. The lowest BCUT2D eigenvalue weighted by molar-refractivity contribution is -0.123. The third kappa shape index (κ3) is 36.2. The van der Waals surface area contributed by atoms with Crippen LogP contribution in [0.4, 0.5) is 0 Å². The van der Waals surface area contributed by atoms with Crippen molar-refractivity contribution in [1.29, 1.82) is 0 Å². The highest BCUT2D eigenvalue weighted by molar-refractivity contribution is 5.76. The number of rotatable bonds is 39. The number of amides is 1. The minimum absolute atomic E-state index is 0.0598. The molecule has 0 heterocycles. The van der Waals surface area contributed by atoms with Gasteiger partial charge in [0.05, 0.1) is 18.8 Å².